The zero-order chi connectivity index (χ0) is 15.6. The average Bonchev–Trinajstić information content (AvgIpc) is 3.19. The van der Waals surface area contributed by atoms with E-state index in [9.17, 15) is 4.79 Å². The Labute approximate surface area is 139 Å². The minimum atomic E-state index is -1.21. The highest BCUT2D eigenvalue weighted by Crippen LogP contribution is 2.36. The SMILES string of the molecule is COC(C(=O)NC1CC1)(c1cscn1)C(S)N1CCOCC1. The number of hydrogen-bond donors (Lipinski definition) is 2. The van der Waals surface area contributed by atoms with Crippen molar-refractivity contribution in [3.63, 3.8) is 0 Å². The summed E-state index contributed by atoms with van der Waals surface area (Å²) >= 11 is 6.20. The van der Waals surface area contributed by atoms with Crippen molar-refractivity contribution in [2.75, 3.05) is 33.4 Å². The molecule has 2 unspecified atom stereocenters. The molecule has 1 aromatic rings. The molecule has 22 heavy (non-hydrogen) atoms. The molecule has 2 heterocycles. The van der Waals surface area contributed by atoms with E-state index in [1.165, 1.54) is 11.3 Å². The molecule has 1 amide bonds. The number of aromatic nitrogens is 1. The van der Waals surface area contributed by atoms with E-state index in [4.69, 9.17) is 22.1 Å². The first-order valence-corrected chi connectivity index (χ1v) is 8.89. The number of carbonyl (C=O) groups is 1. The van der Waals surface area contributed by atoms with Gasteiger partial charge in [-0.25, -0.2) is 4.98 Å². The van der Waals surface area contributed by atoms with Crippen molar-refractivity contribution >= 4 is 29.9 Å². The Balaban J connectivity index is 1.91. The first-order chi connectivity index (χ1) is 10.7. The number of nitrogens with one attached hydrogen (secondary N) is 1. The predicted molar refractivity (Wildman–Crippen MR) is 87.1 cm³/mol. The molecule has 0 radical (unpaired) electrons. The topological polar surface area (TPSA) is 63.7 Å². The van der Waals surface area contributed by atoms with Crippen LogP contribution in [0.3, 0.4) is 0 Å². The van der Waals surface area contributed by atoms with Gasteiger partial charge in [0.25, 0.3) is 5.91 Å². The summed E-state index contributed by atoms with van der Waals surface area (Å²) in [6.45, 7) is 2.72. The van der Waals surface area contributed by atoms with Gasteiger partial charge in [-0.05, 0) is 12.8 Å². The Bertz CT molecular complexity index is 503. The summed E-state index contributed by atoms with van der Waals surface area (Å²) < 4.78 is 11.2. The van der Waals surface area contributed by atoms with E-state index >= 15 is 0 Å². The van der Waals surface area contributed by atoms with Gasteiger partial charge in [0, 0.05) is 31.6 Å². The summed E-state index contributed by atoms with van der Waals surface area (Å²) in [5, 5.41) is 4.49. The molecule has 8 heteroatoms. The van der Waals surface area contributed by atoms with Crippen molar-refractivity contribution in [1.29, 1.82) is 0 Å². The molecule has 0 aromatic carbocycles. The van der Waals surface area contributed by atoms with E-state index < -0.39 is 11.0 Å². The van der Waals surface area contributed by atoms with E-state index in [2.05, 4.69) is 15.2 Å². The molecule has 2 atom stereocenters. The number of amides is 1. The van der Waals surface area contributed by atoms with Crippen LogP contribution in [0.2, 0.25) is 0 Å². The molecule has 1 aliphatic carbocycles. The molecular weight excluding hydrogens is 322 g/mol. The van der Waals surface area contributed by atoms with Gasteiger partial charge in [0.2, 0.25) is 5.60 Å². The van der Waals surface area contributed by atoms with Crippen molar-refractivity contribution in [1.82, 2.24) is 15.2 Å². The molecule has 1 aromatic heterocycles. The normalized spacial score (nSPS) is 23.7. The predicted octanol–water partition coefficient (Wildman–Crippen LogP) is 0.851. The largest absolute Gasteiger partial charge is 0.379 e. The van der Waals surface area contributed by atoms with Gasteiger partial charge in [-0.15, -0.1) is 11.3 Å². The van der Waals surface area contributed by atoms with Gasteiger partial charge in [0.15, 0.2) is 0 Å². The van der Waals surface area contributed by atoms with Crippen LogP contribution in [-0.2, 0) is 19.9 Å². The van der Waals surface area contributed by atoms with E-state index in [-0.39, 0.29) is 11.9 Å². The van der Waals surface area contributed by atoms with E-state index in [0.717, 1.165) is 25.9 Å². The molecule has 3 rings (SSSR count). The number of rotatable bonds is 6. The van der Waals surface area contributed by atoms with Crippen LogP contribution in [0, 0.1) is 0 Å². The van der Waals surface area contributed by atoms with Gasteiger partial charge in [0.1, 0.15) is 0 Å². The maximum absolute atomic E-state index is 13.0. The second-order valence-electron chi connectivity index (χ2n) is 5.58. The lowest BCUT2D eigenvalue weighted by molar-refractivity contribution is -0.152. The van der Waals surface area contributed by atoms with Crippen LogP contribution in [0.25, 0.3) is 0 Å². The molecule has 0 spiro atoms. The summed E-state index contributed by atoms with van der Waals surface area (Å²) in [4.78, 5) is 19.4. The molecule has 6 nitrogen and oxygen atoms in total. The fraction of sp³-hybridized carbons (Fsp3) is 0.714. The van der Waals surface area contributed by atoms with Crippen LogP contribution in [0.4, 0.5) is 0 Å². The summed E-state index contributed by atoms with van der Waals surface area (Å²) in [5.41, 5.74) is 1.13. The first-order valence-electron chi connectivity index (χ1n) is 7.43. The highest BCUT2D eigenvalue weighted by atomic mass is 32.1. The third kappa shape index (κ3) is 3.03. The number of morpholine rings is 1. The van der Waals surface area contributed by atoms with Gasteiger partial charge in [-0.3, -0.25) is 9.69 Å². The Morgan fingerprint density at radius 1 is 1.59 bits per heavy atom. The van der Waals surface area contributed by atoms with Crippen LogP contribution in [-0.4, -0.2) is 60.6 Å². The molecular formula is C14H21N3O3S2. The summed E-state index contributed by atoms with van der Waals surface area (Å²) in [7, 11) is 1.55. The third-order valence-electron chi connectivity index (χ3n) is 4.14. The number of carbonyl (C=O) groups excluding carboxylic acids is 1. The van der Waals surface area contributed by atoms with Gasteiger partial charge in [-0.1, -0.05) is 0 Å². The highest BCUT2D eigenvalue weighted by Gasteiger charge is 2.51. The summed E-state index contributed by atoms with van der Waals surface area (Å²) in [6, 6.07) is 0.255. The van der Waals surface area contributed by atoms with Gasteiger partial charge >= 0.3 is 0 Å². The molecule has 1 aliphatic heterocycles. The Morgan fingerprint density at radius 2 is 2.32 bits per heavy atom. The molecule has 1 saturated heterocycles. The summed E-state index contributed by atoms with van der Waals surface area (Å²) in [5.74, 6) is -0.158. The maximum atomic E-state index is 13.0. The van der Waals surface area contributed by atoms with E-state index in [1.807, 2.05) is 5.38 Å². The second-order valence-corrected chi connectivity index (χ2v) is 6.79. The Hall–Kier alpha value is -0.670. The van der Waals surface area contributed by atoms with Crippen LogP contribution >= 0.6 is 24.0 Å². The Morgan fingerprint density at radius 3 is 2.86 bits per heavy atom. The summed E-state index contributed by atoms with van der Waals surface area (Å²) in [6.07, 6.45) is 2.05. The number of thiol groups is 1. The second kappa shape index (κ2) is 6.84. The van der Waals surface area contributed by atoms with Gasteiger partial charge in [0.05, 0.1) is 29.8 Å². The van der Waals surface area contributed by atoms with E-state index in [1.54, 1.807) is 12.6 Å². The number of ether oxygens (including phenoxy) is 2. The zero-order valence-corrected chi connectivity index (χ0v) is 14.2. The molecule has 122 valence electrons. The Kier molecular flexibility index (Phi) is 5.03. The minimum Gasteiger partial charge on any atom is -0.379 e. The fourth-order valence-corrected chi connectivity index (χ4v) is 3.85. The molecule has 1 N–H and O–H groups in total. The number of methoxy groups -OCH3 is 1. The van der Waals surface area contributed by atoms with Crippen molar-refractivity contribution in [2.45, 2.75) is 29.9 Å². The third-order valence-corrected chi connectivity index (χ3v) is 5.42. The maximum Gasteiger partial charge on any atom is 0.261 e. The number of hydrogen-bond acceptors (Lipinski definition) is 7. The molecule has 1 saturated carbocycles. The van der Waals surface area contributed by atoms with Crippen LogP contribution < -0.4 is 5.32 Å². The smallest absolute Gasteiger partial charge is 0.261 e. The van der Waals surface area contributed by atoms with Gasteiger partial charge < -0.3 is 14.8 Å². The lowest BCUT2D eigenvalue weighted by Crippen LogP contribution is -2.59. The minimum absolute atomic E-state index is 0.158. The van der Waals surface area contributed by atoms with Gasteiger partial charge in [-0.2, -0.15) is 12.6 Å². The number of nitrogens with zero attached hydrogens (tertiary/aromatic N) is 2. The van der Waals surface area contributed by atoms with Crippen molar-refractivity contribution in [3.8, 4) is 0 Å². The standard InChI is InChI=1S/C14H21N3O3S2/c1-19-14(11-8-22-9-15-11,12(18)16-10-2-3-10)13(21)17-4-6-20-7-5-17/h8-10,13,21H,2-7H2,1H3,(H,16,18). The lowest BCUT2D eigenvalue weighted by atomic mass is 9.97. The quantitative estimate of drug-likeness (QED) is 0.750. The molecule has 2 fully saturated rings. The van der Waals surface area contributed by atoms with E-state index in [0.29, 0.717) is 18.9 Å². The van der Waals surface area contributed by atoms with Crippen molar-refractivity contribution < 1.29 is 14.3 Å². The first kappa shape index (κ1) is 16.2. The zero-order valence-electron chi connectivity index (χ0n) is 12.5. The monoisotopic (exact) mass is 343 g/mol. The number of thiazole rings is 1. The molecule has 2 aliphatic rings. The van der Waals surface area contributed by atoms with Crippen molar-refractivity contribution in [3.05, 3.63) is 16.6 Å². The van der Waals surface area contributed by atoms with Crippen LogP contribution in [0.1, 0.15) is 18.5 Å². The van der Waals surface area contributed by atoms with Crippen LogP contribution in [0.15, 0.2) is 10.9 Å². The average molecular weight is 343 g/mol. The highest BCUT2D eigenvalue weighted by molar-refractivity contribution is 7.81. The fourth-order valence-electron chi connectivity index (χ4n) is 2.66. The van der Waals surface area contributed by atoms with Crippen molar-refractivity contribution in [2.24, 2.45) is 0 Å². The lowest BCUT2D eigenvalue weighted by Gasteiger charge is -2.42. The molecule has 0 bridgehead atoms. The van der Waals surface area contributed by atoms with Crippen LogP contribution in [0.5, 0.6) is 0 Å².